The first-order valence-corrected chi connectivity index (χ1v) is 9.05. The number of aromatic nitrogens is 1. The van der Waals surface area contributed by atoms with Gasteiger partial charge < -0.3 is 10.1 Å². The number of anilines is 1. The van der Waals surface area contributed by atoms with Crippen molar-refractivity contribution in [3.05, 3.63) is 71.4 Å². The molecule has 0 radical (unpaired) electrons. The van der Waals surface area contributed by atoms with E-state index in [-0.39, 0.29) is 10.9 Å². The van der Waals surface area contributed by atoms with Gasteiger partial charge in [0.2, 0.25) is 0 Å². The van der Waals surface area contributed by atoms with E-state index >= 15 is 0 Å². The summed E-state index contributed by atoms with van der Waals surface area (Å²) in [5.41, 5.74) is 2.90. The van der Waals surface area contributed by atoms with Crippen LogP contribution in [0.1, 0.15) is 11.1 Å². The predicted molar refractivity (Wildman–Crippen MR) is 102 cm³/mol. The highest BCUT2D eigenvalue weighted by Gasteiger charge is 2.12. The maximum Gasteiger partial charge on any atom is 0.149 e. The third-order valence-corrected chi connectivity index (χ3v) is 4.78. The number of hydrogen-bond donors (Lipinski definition) is 1. The van der Waals surface area contributed by atoms with Crippen LogP contribution in [0.3, 0.4) is 0 Å². The Hall–Kier alpha value is -2.57. The number of pyridine rings is 1. The highest BCUT2D eigenvalue weighted by Crippen LogP contribution is 2.27. The van der Waals surface area contributed by atoms with Crippen LogP contribution in [0.15, 0.2) is 48.7 Å². The number of halogens is 2. The zero-order chi connectivity index (χ0) is 18.6. The molecule has 0 unspecified atom stereocenters. The van der Waals surface area contributed by atoms with Gasteiger partial charge in [0.15, 0.2) is 0 Å². The van der Waals surface area contributed by atoms with Crippen molar-refractivity contribution in [1.29, 1.82) is 0 Å². The molecule has 4 rings (SSSR count). The third kappa shape index (κ3) is 4.07. The van der Waals surface area contributed by atoms with Crippen LogP contribution in [0.25, 0.3) is 10.9 Å². The van der Waals surface area contributed by atoms with Crippen LogP contribution in [0.4, 0.5) is 14.5 Å². The molecule has 2 heterocycles. The average Bonchev–Trinajstić information content (AvgIpc) is 2.70. The highest BCUT2D eigenvalue weighted by atomic mass is 19.1. The lowest BCUT2D eigenvalue weighted by Gasteiger charge is -2.26. The van der Waals surface area contributed by atoms with Gasteiger partial charge in [-0.15, -0.1) is 0 Å². The molecule has 0 bridgehead atoms. The van der Waals surface area contributed by atoms with E-state index in [1.54, 1.807) is 6.07 Å². The Labute approximate surface area is 156 Å². The zero-order valence-electron chi connectivity index (χ0n) is 14.9. The molecule has 0 aliphatic carbocycles. The second-order valence-corrected chi connectivity index (χ2v) is 6.67. The Morgan fingerprint density at radius 1 is 1.00 bits per heavy atom. The predicted octanol–water partition coefficient (Wildman–Crippen LogP) is 3.96. The van der Waals surface area contributed by atoms with Crippen LogP contribution < -0.4 is 5.32 Å². The average molecular weight is 369 g/mol. The SMILES string of the molecule is Fc1ccc(F)c2c(NCc3cccc(CN4CCOCC4)c3)ccnc12. The van der Waals surface area contributed by atoms with Crippen molar-refractivity contribution >= 4 is 16.6 Å². The Kier molecular flexibility index (Phi) is 5.27. The van der Waals surface area contributed by atoms with E-state index < -0.39 is 11.6 Å². The lowest BCUT2D eigenvalue weighted by Crippen LogP contribution is -2.35. The topological polar surface area (TPSA) is 37.4 Å². The molecule has 1 fully saturated rings. The van der Waals surface area contributed by atoms with Crippen molar-refractivity contribution in [1.82, 2.24) is 9.88 Å². The van der Waals surface area contributed by atoms with Gasteiger partial charge in [-0.2, -0.15) is 0 Å². The van der Waals surface area contributed by atoms with Crippen molar-refractivity contribution in [3.8, 4) is 0 Å². The zero-order valence-corrected chi connectivity index (χ0v) is 14.9. The molecule has 4 nitrogen and oxygen atoms in total. The molecule has 1 N–H and O–H groups in total. The second kappa shape index (κ2) is 7.98. The first kappa shape index (κ1) is 17.8. The number of nitrogens with zero attached hydrogens (tertiary/aromatic N) is 2. The number of nitrogens with one attached hydrogen (secondary N) is 1. The number of hydrogen-bond acceptors (Lipinski definition) is 4. The van der Waals surface area contributed by atoms with Gasteiger partial charge in [0.05, 0.1) is 18.6 Å². The molecule has 0 spiro atoms. The summed E-state index contributed by atoms with van der Waals surface area (Å²) in [6.45, 7) is 4.84. The van der Waals surface area contributed by atoms with Crippen molar-refractivity contribution in [2.24, 2.45) is 0 Å². The highest BCUT2D eigenvalue weighted by molar-refractivity contribution is 5.91. The van der Waals surface area contributed by atoms with Gasteiger partial charge in [0.25, 0.3) is 0 Å². The van der Waals surface area contributed by atoms with Crippen LogP contribution in [-0.2, 0) is 17.8 Å². The molecule has 1 aliphatic heterocycles. The van der Waals surface area contributed by atoms with Gasteiger partial charge in [0.1, 0.15) is 17.2 Å². The molecular weight excluding hydrogens is 348 g/mol. The molecule has 3 aromatic rings. The summed E-state index contributed by atoms with van der Waals surface area (Å²) in [7, 11) is 0. The molecule has 0 amide bonds. The summed E-state index contributed by atoms with van der Waals surface area (Å²) in [4.78, 5) is 6.33. The molecule has 6 heteroatoms. The number of benzene rings is 2. The minimum absolute atomic E-state index is 0.0427. The number of morpholine rings is 1. The summed E-state index contributed by atoms with van der Waals surface area (Å²) in [6.07, 6.45) is 1.49. The standard InChI is InChI=1S/C21H21F2N3O/c22-17-4-5-18(23)21-20(17)19(6-7-24-21)25-13-15-2-1-3-16(12-15)14-26-8-10-27-11-9-26/h1-7,12H,8-11,13-14H2,(H,24,25). The maximum atomic E-state index is 14.2. The van der Waals surface area contributed by atoms with Crippen LogP contribution in [0.5, 0.6) is 0 Å². The van der Waals surface area contributed by atoms with E-state index in [9.17, 15) is 8.78 Å². The summed E-state index contributed by atoms with van der Waals surface area (Å²) >= 11 is 0. The molecule has 0 saturated carbocycles. The Morgan fingerprint density at radius 2 is 1.78 bits per heavy atom. The number of ether oxygens (including phenoxy) is 1. The van der Waals surface area contributed by atoms with Crippen molar-refractivity contribution < 1.29 is 13.5 Å². The van der Waals surface area contributed by atoms with Crippen LogP contribution >= 0.6 is 0 Å². The first-order chi connectivity index (χ1) is 13.2. The van der Waals surface area contributed by atoms with E-state index in [1.165, 1.54) is 11.8 Å². The fourth-order valence-corrected chi connectivity index (χ4v) is 3.39. The van der Waals surface area contributed by atoms with E-state index in [4.69, 9.17) is 4.74 Å². The molecule has 1 saturated heterocycles. The third-order valence-electron chi connectivity index (χ3n) is 4.78. The van der Waals surface area contributed by atoms with Crippen molar-refractivity contribution in [3.63, 3.8) is 0 Å². The quantitative estimate of drug-likeness (QED) is 0.739. The van der Waals surface area contributed by atoms with Crippen molar-refractivity contribution in [2.45, 2.75) is 13.1 Å². The van der Waals surface area contributed by atoms with E-state index in [1.807, 2.05) is 12.1 Å². The maximum absolute atomic E-state index is 14.2. The van der Waals surface area contributed by atoms with Gasteiger partial charge in [-0.1, -0.05) is 24.3 Å². The first-order valence-electron chi connectivity index (χ1n) is 9.05. The fraction of sp³-hybridized carbons (Fsp3) is 0.286. The molecule has 140 valence electrons. The van der Waals surface area contributed by atoms with Crippen LogP contribution in [-0.4, -0.2) is 36.2 Å². The Balaban J connectivity index is 1.50. The van der Waals surface area contributed by atoms with E-state index in [2.05, 4.69) is 27.3 Å². The van der Waals surface area contributed by atoms with Crippen LogP contribution in [0.2, 0.25) is 0 Å². The molecule has 27 heavy (non-hydrogen) atoms. The molecule has 2 aromatic carbocycles. The van der Waals surface area contributed by atoms with Gasteiger partial charge in [0, 0.05) is 38.1 Å². The van der Waals surface area contributed by atoms with E-state index in [0.717, 1.165) is 50.5 Å². The van der Waals surface area contributed by atoms with Crippen LogP contribution in [0, 0.1) is 11.6 Å². The summed E-state index contributed by atoms with van der Waals surface area (Å²) in [5, 5.41) is 3.40. The largest absolute Gasteiger partial charge is 0.380 e. The minimum atomic E-state index is -0.525. The van der Waals surface area contributed by atoms with Gasteiger partial charge >= 0.3 is 0 Å². The van der Waals surface area contributed by atoms with Gasteiger partial charge in [-0.25, -0.2) is 8.78 Å². The monoisotopic (exact) mass is 369 g/mol. The molecule has 1 aliphatic rings. The Morgan fingerprint density at radius 3 is 2.63 bits per heavy atom. The summed E-state index contributed by atoms with van der Waals surface area (Å²) < 4.78 is 33.5. The fourth-order valence-electron chi connectivity index (χ4n) is 3.39. The normalized spacial score (nSPS) is 15.2. The number of rotatable bonds is 5. The smallest absolute Gasteiger partial charge is 0.149 e. The van der Waals surface area contributed by atoms with E-state index in [0.29, 0.717) is 12.2 Å². The molecule has 1 aromatic heterocycles. The summed E-state index contributed by atoms with van der Waals surface area (Å²) in [5.74, 6) is -1.01. The Bertz CT molecular complexity index is 942. The lowest BCUT2D eigenvalue weighted by atomic mass is 10.1. The van der Waals surface area contributed by atoms with Gasteiger partial charge in [-0.3, -0.25) is 9.88 Å². The molecule has 0 atom stereocenters. The molecular formula is C21H21F2N3O. The summed E-state index contributed by atoms with van der Waals surface area (Å²) in [6, 6.07) is 12.2. The van der Waals surface area contributed by atoms with Gasteiger partial charge in [-0.05, 0) is 29.3 Å². The number of fused-ring (bicyclic) bond motifs is 1. The minimum Gasteiger partial charge on any atom is -0.380 e. The second-order valence-electron chi connectivity index (χ2n) is 6.67. The lowest BCUT2D eigenvalue weighted by molar-refractivity contribution is 0.0342. The van der Waals surface area contributed by atoms with Crippen molar-refractivity contribution in [2.75, 3.05) is 31.6 Å².